The summed E-state index contributed by atoms with van der Waals surface area (Å²) in [6.07, 6.45) is 1.46. The minimum Gasteiger partial charge on any atom is -0.497 e. The van der Waals surface area contributed by atoms with Gasteiger partial charge < -0.3 is 13.9 Å². The minimum atomic E-state index is -0.957. The number of halogens is 2. The quantitative estimate of drug-likeness (QED) is 0.707. The summed E-state index contributed by atoms with van der Waals surface area (Å²) in [5.74, 6) is -0.473. The molecule has 0 spiro atoms. The summed E-state index contributed by atoms with van der Waals surface area (Å²) in [5, 5.41) is 0. The third kappa shape index (κ3) is 3.48. The van der Waals surface area contributed by atoms with Crippen molar-refractivity contribution in [2.24, 2.45) is 0 Å². The van der Waals surface area contributed by atoms with Crippen molar-refractivity contribution >= 4 is 0 Å². The number of hydrogen-bond acceptors (Lipinski definition) is 4. The maximum atomic E-state index is 13.1. The number of ether oxygens (including phenoxy) is 2. The summed E-state index contributed by atoms with van der Waals surface area (Å²) in [6.45, 7) is 0.0880. The Bertz CT molecular complexity index is 800. The smallest absolute Gasteiger partial charge is 0.226 e. The number of benzene rings is 2. The first-order valence-corrected chi connectivity index (χ1v) is 6.82. The highest BCUT2D eigenvalue weighted by Crippen LogP contribution is 2.22. The fourth-order valence-corrected chi connectivity index (χ4v) is 1.96. The molecule has 0 N–H and O–H groups in total. The van der Waals surface area contributed by atoms with Crippen LogP contribution in [-0.4, -0.2) is 12.1 Å². The standard InChI is InChI=1S/C17H13F2NO3/c1-21-13-4-2-11(3-5-13)17-20-12(10-23-17)9-22-14-6-7-15(18)16(19)8-14/h2-8,10H,9H2,1H3. The summed E-state index contributed by atoms with van der Waals surface area (Å²) in [7, 11) is 1.59. The molecule has 0 radical (unpaired) electrons. The van der Waals surface area contributed by atoms with E-state index in [-0.39, 0.29) is 12.4 Å². The van der Waals surface area contributed by atoms with Gasteiger partial charge in [-0.2, -0.15) is 0 Å². The largest absolute Gasteiger partial charge is 0.497 e. The van der Waals surface area contributed by atoms with E-state index in [4.69, 9.17) is 13.9 Å². The molecule has 0 aliphatic carbocycles. The predicted molar refractivity (Wildman–Crippen MR) is 79.2 cm³/mol. The molecule has 6 heteroatoms. The molecule has 0 amide bonds. The van der Waals surface area contributed by atoms with Gasteiger partial charge in [-0.1, -0.05) is 0 Å². The highest BCUT2D eigenvalue weighted by molar-refractivity contribution is 5.54. The number of aromatic nitrogens is 1. The first-order valence-electron chi connectivity index (χ1n) is 6.82. The SMILES string of the molecule is COc1ccc(-c2nc(COc3ccc(F)c(F)c3)co2)cc1. The molecule has 0 unspecified atom stereocenters. The molecular formula is C17H13F2NO3. The first-order chi connectivity index (χ1) is 11.2. The molecule has 0 aliphatic heterocycles. The zero-order chi connectivity index (χ0) is 16.2. The van der Waals surface area contributed by atoms with Gasteiger partial charge >= 0.3 is 0 Å². The Balaban J connectivity index is 1.67. The van der Waals surface area contributed by atoms with Gasteiger partial charge in [0.2, 0.25) is 5.89 Å². The van der Waals surface area contributed by atoms with Crippen LogP contribution in [0.15, 0.2) is 53.1 Å². The molecule has 2 aromatic carbocycles. The average Bonchev–Trinajstić information content (AvgIpc) is 3.05. The molecule has 0 fully saturated rings. The highest BCUT2D eigenvalue weighted by Gasteiger charge is 2.09. The van der Waals surface area contributed by atoms with Gasteiger partial charge in [0.1, 0.15) is 30.1 Å². The lowest BCUT2D eigenvalue weighted by atomic mass is 10.2. The average molecular weight is 317 g/mol. The van der Waals surface area contributed by atoms with Gasteiger partial charge in [-0.25, -0.2) is 13.8 Å². The lowest BCUT2D eigenvalue weighted by molar-refractivity contribution is 0.298. The molecule has 0 bridgehead atoms. The summed E-state index contributed by atoms with van der Waals surface area (Å²) < 4.78 is 41.8. The van der Waals surface area contributed by atoms with Crippen molar-refractivity contribution in [3.8, 4) is 23.0 Å². The van der Waals surface area contributed by atoms with Gasteiger partial charge in [0, 0.05) is 11.6 Å². The van der Waals surface area contributed by atoms with E-state index in [0.29, 0.717) is 11.6 Å². The Hall–Kier alpha value is -2.89. The molecule has 3 aromatic rings. The van der Waals surface area contributed by atoms with Gasteiger partial charge in [0.15, 0.2) is 11.6 Å². The van der Waals surface area contributed by atoms with Crippen LogP contribution in [0, 0.1) is 11.6 Å². The van der Waals surface area contributed by atoms with Crippen LogP contribution in [0.3, 0.4) is 0 Å². The molecule has 0 saturated carbocycles. The number of methoxy groups -OCH3 is 1. The molecule has 1 aromatic heterocycles. The first kappa shape index (κ1) is 15.0. The van der Waals surface area contributed by atoms with E-state index in [2.05, 4.69) is 4.98 Å². The van der Waals surface area contributed by atoms with Gasteiger partial charge in [-0.15, -0.1) is 0 Å². The molecule has 0 aliphatic rings. The summed E-state index contributed by atoms with van der Waals surface area (Å²) in [4.78, 5) is 4.29. The van der Waals surface area contributed by atoms with Crippen molar-refractivity contribution in [2.45, 2.75) is 6.61 Å². The lowest BCUT2D eigenvalue weighted by Crippen LogP contribution is -1.97. The van der Waals surface area contributed by atoms with E-state index < -0.39 is 11.6 Å². The van der Waals surface area contributed by atoms with E-state index in [9.17, 15) is 8.78 Å². The zero-order valence-electron chi connectivity index (χ0n) is 12.3. The van der Waals surface area contributed by atoms with Gasteiger partial charge in [-0.3, -0.25) is 0 Å². The van der Waals surface area contributed by atoms with Crippen LogP contribution in [0.1, 0.15) is 5.69 Å². The lowest BCUT2D eigenvalue weighted by Gasteiger charge is -2.03. The molecule has 0 saturated heterocycles. The number of rotatable bonds is 5. The summed E-state index contributed by atoms with van der Waals surface area (Å²) in [5.41, 5.74) is 1.34. The predicted octanol–water partition coefficient (Wildman–Crippen LogP) is 4.21. The van der Waals surface area contributed by atoms with Crippen LogP contribution in [0.25, 0.3) is 11.5 Å². The maximum absolute atomic E-state index is 13.1. The fourth-order valence-electron chi connectivity index (χ4n) is 1.96. The van der Waals surface area contributed by atoms with Gasteiger partial charge in [0.25, 0.3) is 0 Å². The monoisotopic (exact) mass is 317 g/mol. The molecule has 1 heterocycles. The Labute approximate surface area is 131 Å². The Morgan fingerprint density at radius 2 is 1.74 bits per heavy atom. The van der Waals surface area contributed by atoms with Gasteiger partial charge in [0.05, 0.1) is 7.11 Å². The normalized spacial score (nSPS) is 10.6. The topological polar surface area (TPSA) is 44.5 Å². The van der Waals surface area contributed by atoms with Crippen molar-refractivity contribution in [3.05, 3.63) is 66.1 Å². The van der Waals surface area contributed by atoms with E-state index in [0.717, 1.165) is 23.4 Å². The van der Waals surface area contributed by atoms with Crippen molar-refractivity contribution in [1.82, 2.24) is 4.98 Å². The number of hydrogen-bond donors (Lipinski definition) is 0. The second-order valence-electron chi connectivity index (χ2n) is 4.74. The zero-order valence-corrected chi connectivity index (χ0v) is 12.3. The molecule has 4 nitrogen and oxygen atoms in total. The number of nitrogens with zero attached hydrogens (tertiary/aromatic N) is 1. The van der Waals surface area contributed by atoms with Crippen LogP contribution in [0.2, 0.25) is 0 Å². The third-order valence-electron chi connectivity index (χ3n) is 3.17. The molecule has 23 heavy (non-hydrogen) atoms. The van der Waals surface area contributed by atoms with E-state index >= 15 is 0 Å². The summed E-state index contributed by atoms with van der Waals surface area (Å²) >= 11 is 0. The maximum Gasteiger partial charge on any atom is 0.226 e. The molecule has 0 atom stereocenters. The van der Waals surface area contributed by atoms with Crippen LogP contribution in [0.5, 0.6) is 11.5 Å². The summed E-state index contributed by atoms with van der Waals surface area (Å²) in [6, 6.07) is 10.6. The molecule has 3 rings (SSSR count). The van der Waals surface area contributed by atoms with Crippen molar-refractivity contribution in [1.29, 1.82) is 0 Å². The van der Waals surface area contributed by atoms with E-state index in [1.807, 2.05) is 12.1 Å². The second kappa shape index (κ2) is 6.48. The van der Waals surface area contributed by atoms with Crippen LogP contribution < -0.4 is 9.47 Å². The third-order valence-corrected chi connectivity index (χ3v) is 3.17. The molecular weight excluding hydrogens is 304 g/mol. The Morgan fingerprint density at radius 3 is 2.43 bits per heavy atom. The van der Waals surface area contributed by atoms with Crippen molar-refractivity contribution < 1.29 is 22.7 Å². The fraction of sp³-hybridized carbons (Fsp3) is 0.118. The van der Waals surface area contributed by atoms with Crippen molar-refractivity contribution in [2.75, 3.05) is 7.11 Å². The minimum absolute atomic E-state index is 0.0880. The van der Waals surface area contributed by atoms with Crippen LogP contribution >= 0.6 is 0 Å². The van der Waals surface area contributed by atoms with Crippen molar-refractivity contribution in [3.63, 3.8) is 0 Å². The van der Waals surface area contributed by atoms with Crippen LogP contribution in [0.4, 0.5) is 8.78 Å². The second-order valence-corrected chi connectivity index (χ2v) is 4.74. The van der Waals surface area contributed by atoms with E-state index in [1.54, 1.807) is 19.2 Å². The number of oxazole rings is 1. The Morgan fingerprint density at radius 1 is 1.00 bits per heavy atom. The highest BCUT2D eigenvalue weighted by atomic mass is 19.2. The Kier molecular flexibility index (Phi) is 4.23. The molecule has 118 valence electrons. The van der Waals surface area contributed by atoms with Gasteiger partial charge in [-0.05, 0) is 36.4 Å². The van der Waals surface area contributed by atoms with Crippen LogP contribution in [-0.2, 0) is 6.61 Å². The van der Waals surface area contributed by atoms with E-state index in [1.165, 1.54) is 12.3 Å².